The van der Waals surface area contributed by atoms with Crippen LogP contribution in [0.1, 0.15) is 48.0 Å². The lowest BCUT2D eigenvalue weighted by atomic mass is 10.0. The largest absolute Gasteiger partial charge is 0.442 e. The number of carbonyl (C=O) groups is 3. The molecule has 1 atom stereocenters. The fraction of sp³-hybridized carbons (Fsp3) is 0.500. The molecule has 1 aromatic carbocycles. The number of cyclic esters (lactones) is 1. The van der Waals surface area contributed by atoms with E-state index in [1.165, 1.54) is 0 Å². The molecular weight excluding hydrogens is 408 g/mol. The van der Waals surface area contributed by atoms with E-state index in [4.69, 9.17) is 4.74 Å². The molecule has 4 aliphatic rings. The first-order valence-corrected chi connectivity index (χ1v) is 11.6. The molecule has 3 aliphatic carbocycles. The van der Waals surface area contributed by atoms with Crippen molar-refractivity contribution in [1.29, 1.82) is 0 Å². The van der Waals surface area contributed by atoms with Gasteiger partial charge < -0.3 is 10.1 Å². The van der Waals surface area contributed by atoms with Crippen LogP contribution < -0.4 is 10.2 Å². The van der Waals surface area contributed by atoms with Crippen molar-refractivity contribution in [2.24, 2.45) is 11.8 Å². The normalized spacial score (nSPS) is 22.1. The Morgan fingerprint density at radius 1 is 1.09 bits per heavy atom. The van der Waals surface area contributed by atoms with E-state index in [1.54, 1.807) is 9.58 Å². The number of hydrogen-bond donors (Lipinski definition) is 1. The fourth-order valence-electron chi connectivity index (χ4n) is 4.72. The number of rotatable bonds is 5. The van der Waals surface area contributed by atoms with Crippen LogP contribution in [0.3, 0.4) is 0 Å². The van der Waals surface area contributed by atoms with Crippen LogP contribution in [-0.2, 0) is 22.4 Å². The maximum absolute atomic E-state index is 12.8. The molecule has 6 rings (SSSR count). The van der Waals surface area contributed by atoms with Crippen LogP contribution in [0, 0.1) is 11.8 Å². The number of carbonyl (C=O) groups excluding carboxylic acids is 3. The fourth-order valence-corrected chi connectivity index (χ4v) is 4.72. The van der Waals surface area contributed by atoms with E-state index in [0.29, 0.717) is 13.1 Å². The zero-order valence-corrected chi connectivity index (χ0v) is 17.9. The molecule has 1 aliphatic heterocycles. The first-order chi connectivity index (χ1) is 15.6. The average molecular weight is 434 g/mol. The molecule has 2 heterocycles. The van der Waals surface area contributed by atoms with Gasteiger partial charge in [0.2, 0.25) is 5.91 Å². The lowest BCUT2D eigenvalue weighted by Crippen LogP contribution is -2.35. The van der Waals surface area contributed by atoms with Gasteiger partial charge in [0.05, 0.1) is 25.0 Å². The maximum atomic E-state index is 12.8. The highest BCUT2D eigenvalue weighted by molar-refractivity contribution is 5.92. The molecule has 3 fully saturated rings. The summed E-state index contributed by atoms with van der Waals surface area (Å²) >= 11 is 0. The van der Waals surface area contributed by atoms with Crippen LogP contribution in [0.25, 0.3) is 11.3 Å². The zero-order chi connectivity index (χ0) is 21.8. The van der Waals surface area contributed by atoms with E-state index in [2.05, 4.69) is 10.4 Å². The Kier molecular flexibility index (Phi) is 4.55. The van der Waals surface area contributed by atoms with E-state index >= 15 is 0 Å². The monoisotopic (exact) mass is 434 g/mol. The second-order valence-electron chi connectivity index (χ2n) is 9.37. The molecule has 1 saturated heterocycles. The summed E-state index contributed by atoms with van der Waals surface area (Å²) < 4.78 is 7.09. The minimum absolute atomic E-state index is 0.0534. The molecule has 8 nitrogen and oxygen atoms in total. The van der Waals surface area contributed by atoms with Crippen LogP contribution in [0.15, 0.2) is 24.4 Å². The molecule has 0 spiro atoms. The number of anilines is 1. The van der Waals surface area contributed by atoms with Crippen LogP contribution in [0.4, 0.5) is 10.5 Å². The van der Waals surface area contributed by atoms with Gasteiger partial charge in [0.1, 0.15) is 6.10 Å². The zero-order valence-electron chi connectivity index (χ0n) is 17.9. The molecule has 1 aromatic heterocycles. The van der Waals surface area contributed by atoms with Crippen molar-refractivity contribution in [3.05, 3.63) is 35.5 Å². The third-order valence-corrected chi connectivity index (χ3v) is 6.85. The second kappa shape index (κ2) is 7.46. The number of ether oxygens (including phenoxy) is 1. The Labute approximate surface area is 185 Å². The van der Waals surface area contributed by atoms with E-state index in [-0.39, 0.29) is 35.8 Å². The van der Waals surface area contributed by atoms with Gasteiger partial charge in [-0.3, -0.25) is 14.5 Å². The summed E-state index contributed by atoms with van der Waals surface area (Å²) in [6.45, 7) is 0.750. The molecule has 2 amide bonds. The number of hydrogen-bond acceptors (Lipinski definition) is 5. The summed E-state index contributed by atoms with van der Waals surface area (Å²) in [7, 11) is 0. The molecule has 2 saturated carbocycles. The Morgan fingerprint density at radius 2 is 1.88 bits per heavy atom. The van der Waals surface area contributed by atoms with Gasteiger partial charge in [-0.1, -0.05) is 6.07 Å². The summed E-state index contributed by atoms with van der Waals surface area (Å²) in [5.41, 5.74) is 4.94. The standard InChI is InChI=1S/C24H26N4O4/c29-22(14-4-5-14)25-12-19-13-27(24(31)32-19)18-8-9-20-16(10-18)2-1-3-17-11-26-28(21(17)20)23(30)15-6-7-15/h8-11,14-15,19H,1-7,12-13H2,(H,25,29)/t19-/m0/s1. The highest BCUT2D eigenvalue weighted by Crippen LogP contribution is 2.38. The Balaban J connectivity index is 1.24. The number of fused-ring (bicyclic) bond motifs is 3. The van der Waals surface area contributed by atoms with Gasteiger partial charge in [-0.25, -0.2) is 4.79 Å². The smallest absolute Gasteiger partial charge is 0.414 e. The summed E-state index contributed by atoms with van der Waals surface area (Å²) in [4.78, 5) is 38.8. The van der Waals surface area contributed by atoms with Crippen molar-refractivity contribution in [1.82, 2.24) is 15.1 Å². The SMILES string of the molecule is O=C(NC[C@H]1CN(c2ccc3c(c2)CCCc2cnn(C(=O)C4CC4)c2-3)C(=O)O1)C1CC1. The van der Waals surface area contributed by atoms with Gasteiger partial charge in [0, 0.05) is 23.1 Å². The third kappa shape index (κ3) is 3.47. The molecule has 8 heteroatoms. The predicted octanol–water partition coefficient (Wildman–Crippen LogP) is 2.94. The minimum atomic E-state index is -0.390. The number of amides is 2. The van der Waals surface area contributed by atoms with Crippen molar-refractivity contribution < 1.29 is 19.1 Å². The molecule has 32 heavy (non-hydrogen) atoms. The van der Waals surface area contributed by atoms with Crippen molar-refractivity contribution in [3.8, 4) is 11.3 Å². The van der Waals surface area contributed by atoms with Crippen LogP contribution in [-0.4, -0.2) is 46.9 Å². The molecule has 0 unspecified atom stereocenters. The van der Waals surface area contributed by atoms with Crippen molar-refractivity contribution >= 4 is 23.6 Å². The second-order valence-corrected chi connectivity index (χ2v) is 9.37. The molecule has 0 radical (unpaired) electrons. The lowest BCUT2D eigenvalue weighted by molar-refractivity contribution is -0.122. The number of nitrogens with zero attached hydrogens (tertiary/aromatic N) is 3. The summed E-state index contributed by atoms with van der Waals surface area (Å²) in [6, 6.07) is 5.96. The molecular formula is C24H26N4O4. The van der Waals surface area contributed by atoms with Gasteiger partial charge in [0.25, 0.3) is 5.91 Å². The number of nitrogens with one attached hydrogen (secondary N) is 1. The first-order valence-electron chi connectivity index (χ1n) is 11.6. The molecule has 1 N–H and O–H groups in total. The van der Waals surface area contributed by atoms with Gasteiger partial charge in [-0.05, 0) is 68.2 Å². The Hall–Kier alpha value is -3.16. The van der Waals surface area contributed by atoms with Crippen molar-refractivity contribution in [2.75, 3.05) is 18.0 Å². The average Bonchev–Trinajstić information content (AvgIpc) is 3.71. The van der Waals surface area contributed by atoms with Gasteiger partial charge >= 0.3 is 6.09 Å². The number of aromatic nitrogens is 2. The van der Waals surface area contributed by atoms with Crippen molar-refractivity contribution in [3.63, 3.8) is 0 Å². The van der Waals surface area contributed by atoms with E-state index in [9.17, 15) is 14.4 Å². The van der Waals surface area contributed by atoms with Gasteiger partial charge in [0.15, 0.2) is 0 Å². The number of benzene rings is 1. The minimum Gasteiger partial charge on any atom is -0.442 e. The van der Waals surface area contributed by atoms with E-state index < -0.39 is 0 Å². The van der Waals surface area contributed by atoms with Gasteiger partial charge in [-0.15, -0.1) is 0 Å². The number of aryl methyl sites for hydroxylation is 2. The quantitative estimate of drug-likeness (QED) is 0.781. The summed E-state index contributed by atoms with van der Waals surface area (Å²) in [5, 5.41) is 7.31. The summed E-state index contributed by atoms with van der Waals surface area (Å²) in [5.74, 6) is 0.375. The maximum Gasteiger partial charge on any atom is 0.414 e. The van der Waals surface area contributed by atoms with Crippen LogP contribution in [0.2, 0.25) is 0 Å². The van der Waals surface area contributed by atoms with E-state index in [0.717, 1.165) is 73.0 Å². The Morgan fingerprint density at radius 3 is 2.66 bits per heavy atom. The van der Waals surface area contributed by atoms with E-state index in [1.807, 2.05) is 24.4 Å². The van der Waals surface area contributed by atoms with Gasteiger partial charge in [-0.2, -0.15) is 9.78 Å². The third-order valence-electron chi connectivity index (χ3n) is 6.85. The molecule has 0 bridgehead atoms. The summed E-state index contributed by atoms with van der Waals surface area (Å²) in [6.07, 6.45) is 7.59. The Bertz CT molecular complexity index is 1120. The highest BCUT2D eigenvalue weighted by atomic mass is 16.6. The molecule has 166 valence electrons. The topological polar surface area (TPSA) is 93.5 Å². The van der Waals surface area contributed by atoms with Crippen LogP contribution >= 0.6 is 0 Å². The predicted molar refractivity (Wildman–Crippen MR) is 116 cm³/mol. The lowest BCUT2D eigenvalue weighted by Gasteiger charge is -2.17. The molecule has 2 aromatic rings. The van der Waals surface area contributed by atoms with Crippen LogP contribution in [0.5, 0.6) is 0 Å². The first kappa shape index (κ1) is 19.5. The van der Waals surface area contributed by atoms with Crippen molar-refractivity contribution in [2.45, 2.75) is 51.0 Å². The highest BCUT2D eigenvalue weighted by Gasteiger charge is 2.36.